The Hall–Kier alpha value is -3.33. The van der Waals surface area contributed by atoms with E-state index in [2.05, 4.69) is 15.4 Å². The molecule has 31 heavy (non-hydrogen) atoms. The lowest BCUT2D eigenvalue weighted by Gasteiger charge is -2.10. The second-order valence-electron chi connectivity index (χ2n) is 6.81. The molecule has 4 aromatic rings. The van der Waals surface area contributed by atoms with Crippen LogP contribution in [-0.2, 0) is 11.0 Å². The molecular formula is C22H17F3N4OS. The summed E-state index contributed by atoms with van der Waals surface area (Å²) < 4.78 is 40.2. The summed E-state index contributed by atoms with van der Waals surface area (Å²) >= 11 is 1.24. The van der Waals surface area contributed by atoms with Crippen molar-refractivity contribution in [3.8, 4) is 11.1 Å². The van der Waals surface area contributed by atoms with Crippen LogP contribution in [0.3, 0.4) is 0 Å². The molecule has 9 heteroatoms. The number of thioether (sulfide) groups is 1. The zero-order chi connectivity index (χ0) is 22.0. The van der Waals surface area contributed by atoms with E-state index in [1.54, 1.807) is 10.7 Å². The van der Waals surface area contributed by atoms with E-state index in [1.807, 2.05) is 43.3 Å². The minimum absolute atomic E-state index is 0.00926. The van der Waals surface area contributed by atoms with E-state index in [0.717, 1.165) is 29.0 Å². The minimum atomic E-state index is -4.47. The number of anilines is 1. The van der Waals surface area contributed by atoms with Crippen molar-refractivity contribution in [2.75, 3.05) is 11.1 Å². The van der Waals surface area contributed by atoms with Crippen molar-refractivity contribution in [2.24, 2.45) is 0 Å². The fourth-order valence-corrected chi connectivity index (χ4v) is 3.94. The number of aryl methyl sites for hydroxylation is 1. The lowest BCUT2D eigenvalue weighted by Crippen LogP contribution is -2.15. The maximum Gasteiger partial charge on any atom is 0.416 e. The molecule has 0 atom stereocenters. The highest BCUT2D eigenvalue weighted by atomic mass is 32.2. The molecule has 2 heterocycles. The number of carbonyl (C=O) groups is 1. The number of aromatic nitrogens is 3. The summed E-state index contributed by atoms with van der Waals surface area (Å²) in [5, 5.41) is 7.64. The number of halogens is 3. The van der Waals surface area contributed by atoms with Gasteiger partial charge >= 0.3 is 6.18 Å². The zero-order valence-electron chi connectivity index (χ0n) is 16.3. The van der Waals surface area contributed by atoms with Crippen LogP contribution in [0.25, 0.3) is 16.8 Å². The molecule has 0 saturated carbocycles. The fraction of sp³-hybridized carbons (Fsp3) is 0.136. The molecule has 0 fully saturated rings. The molecule has 1 N–H and O–H groups in total. The van der Waals surface area contributed by atoms with E-state index < -0.39 is 17.6 Å². The molecule has 0 bridgehead atoms. The maximum absolute atomic E-state index is 12.9. The summed E-state index contributed by atoms with van der Waals surface area (Å²) in [6, 6.07) is 16.1. The van der Waals surface area contributed by atoms with Gasteiger partial charge in [0.1, 0.15) is 5.03 Å². The molecule has 4 rings (SSSR count). The number of amides is 1. The normalized spacial score (nSPS) is 11.6. The van der Waals surface area contributed by atoms with Crippen LogP contribution < -0.4 is 5.32 Å². The number of benzene rings is 2. The lowest BCUT2D eigenvalue weighted by atomic mass is 10.1. The molecule has 2 aromatic carbocycles. The number of rotatable bonds is 5. The van der Waals surface area contributed by atoms with E-state index in [4.69, 9.17) is 0 Å². The van der Waals surface area contributed by atoms with Gasteiger partial charge in [-0.3, -0.25) is 4.79 Å². The summed E-state index contributed by atoms with van der Waals surface area (Å²) in [6.45, 7) is 1.86. The summed E-state index contributed by atoms with van der Waals surface area (Å²) in [5.41, 5.74) is 2.59. The standard InChI is InChI=1S/C22H17F3N4OS/c1-14-10-20(29-21(27-14)18(12-26-29)15-6-3-2-4-7-15)31-13-19(30)28-17-9-5-8-16(11-17)22(23,24)25/h2-12H,13H2,1H3,(H,28,30). The van der Waals surface area contributed by atoms with E-state index in [9.17, 15) is 18.0 Å². The second kappa shape index (κ2) is 8.43. The quantitative estimate of drug-likeness (QED) is 0.330. The molecule has 158 valence electrons. The molecule has 2 aromatic heterocycles. The van der Waals surface area contributed by atoms with Gasteiger partial charge in [0, 0.05) is 16.9 Å². The predicted molar refractivity (Wildman–Crippen MR) is 114 cm³/mol. The average Bonchev–Trinajstić information content (AvgIpc) is 3.16. The summed E-state index contributed by atoms with van der Waals surface area (Å²) in [7, 11) is 0. The first-order valence-corrected chi connectivity index (χ1v) is 10.3. The van der Waals surface area contributed by atoms with Gasteiger partial charge in [0.05, 0.1) is 17.5 Å². The molecule has 1 amide bonds. The zero-order valence-corrected chi connectivity index (χ0v) is 17.2. The average molecular weight is 442 g/mol. The van der Waals surface area contributed by atoms with Crippen molar-refractivity contribution in [2.45, 2.75) is 18.1 Å². The van der Waals surface area contributed by atoms with Crippen molar-refractivity contribution < 1.29 is 18.0 Å². The number of nitrogens with one attached hydrogen (secondary N) is 1. The van der Waals surface area contributed by atoms with E-state index in [-0.39, 0.29) is 11.4 Å². The Morgan fingerprint density at radius 2 is 1.87 bits per heavy atom. The van der Waals surface area contributed by atoms with Crippen molar-refractivity contribution in [1.29, 1.82) is 0 Å². The third-order valence-corrected chi connectivity index (χ3v) is 5.47. The Balaban J connectivity index is 1.52. The maximum atomic E-state index is 12.9. The Kier molecular flexibility index (Phi) is 5.69. The molecule has 0 aliphatic carbocycles. The highest BCUT2D eigenvalue weighted by Crippen LogP contribution is 2.31. The van der Waals surface area contributed by atoms with Gasteiger partial charge in [-0.15, -0.1) is 0 Å². The highest BCUT2D eigenvalue weighted by molar-refractivity contribution is 7.99. The van der Waals surface area contributed by atoms with Gasteiger partial charge in [-0.2, -0.15) is 18.3 Å². The molecular weight excluding hydrogens is 425 g/mol. The molecule has 0 aliphatic rings. The van der Waals surface area contributed by atoms with E-state index in [1.165, 1.54) is 23.9 Å². The molecule has 0 unspecified atom stereocenters. The number of hydrogen-bond donors (Lipinski definition) is 1. The largest absolute Gasteiger partial charge is 0.416 e. The summed E-state index contributed by atoms with van der Waals surface area (Å²) in [6.07, 6.45) is -2.74. The molecule has 0 spiro atoms. The monoisotopic (exact) mass is 442 g/mol. The summed E-state index contributed by atoms with van der Waals surface area (Å²) in [5.74, 6) is -0.405. The minimum Gasteiger partial charge on any atom is -0.325 e. The smallest absolute Gasteiger partial charge is 0.325 e. The first-order chi connectivity index (χ1) is 14.8. The Morgan fingerprint density at radius 1 is 1.10 bits per heavy atom. The second-order valence-corrected chi connectivity index (χ2v) is 7.81. The van der Waals surface area contributed by atoms with Gasteiger partial charge in [0.25, 0.3) is 0 Å². The first-order valence-electron chi connectivity index (χ1n) is 9.32. The van der Waals surface area contributed by atoms with Crippen LogP contribution in [0.2, 0.25) is 0 Å². The topological polar surface area (TPSA) is 59.3 Å². The van der Waals surface area contributed by atoms with E-state index in [0.29, 0.717) is 10.7 Å². The number of alkyl halides is 3. The fourth-order valence-electron chi connectivity index (χ4n) is 3.08. The number of hydrogen-bond acceptors (Lipinski definition) is 4. The molecule has 0 radical (unpaired) electrons. The van der Waals surface area contributed by atoms with Crippen LogP contribution >= 0.6 is 11.8 Å². The Morgan fingerprint density at radius 3 is 2.61 bits per heavy atom. The SMILES string of the molecule is Cc1cc(SCC(=O)Nc2cccc(C(F)(F)F)c2)n2ncc(-c3ccccc3)c2n1. The predicted octanol–water partition coefficient (Wildman–Crippen LogP) is 5.45. The Labute approximate surface area is 180 Å². The Bertz CT molecular complexity index is 1240. The lowest BCUT2D eigenvalue weighted by molar-refractivity contribution is -0.137. The van der Waals surface area contributed by atoms with Gasteiger partial charge in [-0.1, -0.05) is 48.2 Å². The summed E-state index contributed by atoms with van der Waals surface area (Å²) in [4.78, 5) is 16.9. The van der Waals surface area contributed by atoms with Gasteiger partial charge in [0.15, 0.2) is 5.65 Å². The third-order valence-electron chi connectivity index (χ3n) is 4.48. The van der Waals surface area contributed by atoms with Crippen molar-refractivity contribution >= 4 is 29.0 Å². The van der Waals surface area contributed by atoms with Gasteiger partial charge in [0.2, 0.25) is 5.91 Å². The van der Waals surface area contributed by atoms with Crippen molar-refractivity contribution in [3.05, 3.63) is 78.1 Å². The van der Waals surface area contributed by atoms with Crippen LogP contribution in [0.1, 0.15) is 11.3 Å². The molecule has 0 aliphatic heterocycles. The van der Waals surface area contributed by atoms with E-state index >= 15 is 0 Å². The van der Waals surface area contributed by atoms with Crippen LogP contribution in [0, 0.1) is 6.92 Å². The number of fused-ring (bicyclic) bond motifs is 1. The van der Waals surface area contributed by atoms with Crippen molar-refractivity contribution in [1.82, 2.24) is 14.6 Å². The van der Waals surface area contributed by atoms with Crippen molar-refractivity contribution in [3.63, 3.8) is 0 Å². The number of nitrogens with zero attached hydrogens (tertiary/aromatic N) is 3. The van der Waals surface area contributed by atoms with Crippen LogP contribution in [-0.4, -0.2) is 26.3 Å². The molecule has 0 saturated heterocycles. The highest BCUT2D eigenvalue weighted by Gasteiger charge is 2.30. The van der Waals surface area contributed by atoms with Gasteiger partial charge < -0.3 is 5.32 Å². The van der Waals surface area contributed by atoms with Crippen LogP contribution in [0.4, 0.5) is 18.9 Å². The third kappa shape index (κ3) is 4.72. The number of carbonyl (C=O) groups excluding carboxylic acids is 1. The first kappa shape index (κ1) is 20.9. The van der Waals surface area contributed by atoms with Crippen LogP contribution in [0.15, 0.2) is 71.9 Å². The molecule has 5 nitrogen and oxygen atoms in total. The van der Waals surface area contributed by atoms with Gasteiger partial charge in [-0.25, -0.2) is 9.50 Å². The van der Waals surface area contributed by atoms with Gasteiger partial charge in [-0.05, 0) is 36.8 Å². The van der Waals surface area contributed by atoms with Crippen LogP contribution in [0.5, 0.6) is 0 Å².